The Bertz CT molecular complexity index is 1400. The van der Waals surface area contributed by atoms with Crippen molar-refractivity contribution in [2.75, 3.05) is 25.2 Å². The number of hydrogen-bond donors (Lipinski definition) is 1. The molecule has 0 spiro atoms. The number of nitrogens with zero attached hydrogens (tertiary/aromatic N) is 1. The lowest BCUT2D eigenvalue weighted by molar-refractivity contribution is -0.122. The molecule has 8 nitrogen and oxygen atoms in total. The molecule has 1 aliphatic heterocycles. The Kier molecular flexibility index (Phi) is 7.79. The maximum atomic E-state index is 13.2. The zero-order chi connectivity index (χ0) is 26.5. The molecule has 1 fully saturated rings. The molecular weight excluding hydrogens is 496 g/mol. The van der Waals surface area contributed by atoms with Crippen LogP contribution < -0.4 is 24.4 Å². The molecule has 190 valence electrons. The molecule has 3 aromatic carbocycles. The van der Waals surface area contributed by atoms with Gasteiger partial charge in [0.15, 0.2) is 11.5 Å². The number of ether oxygens (including phenoxy) is 3. The van der Waals surface area contributed by atoms with E-state index in [1.54, 1.807) is 30.3 Å². The number of carbonyl (C=O) groups excluding carboxylic acids is 3. The van der Waals surface area contributed by atoms with Crippen LogP contribution in [0.5, 0.6) is 17.2 Å². The monoisotopic (exact) mass is 520 g/mol. The largest absolute Gasteiger partial charge is 0.493 e. The van der Waals surface area contributed by atoms with E-state index in [0.717, 1.165) is 21.8 Å². The summed E-state index contributed by atoms with van der Waals surface area (Å²) in [7, 11) is 1.45. The number of rotatable bonds is 8. The minimum atomic E-state index is -0.815. The summed E-state index contributed by atoms with van der Waals surface area (Å²) < 4.78 is 16.9. The number of anilines is 1. The van der Waals surface area contributed by atoms with Gasteiger partial charge in [-0.15, -0.1) is 0 Å². The van der Waals surface area contributed by atoms with Gasteiger partial charge < -0.3 is 14.2 Å². The lowest BCUT2D eigenvalue weighted by Gasteiger charge is -2.26. The number of carbonyl (C=O) groups is 3. The topological polar surface area (TPSA) is 94.2 Å². The molecule has 4 rings (SSSR count). The van der Waals surface area contributed by atoms with Crippen LogP contribution in [0.1, 0.15) is 16.7 Å². The van der Waals surface area contributed by atoms with Crippen molar-refractivity contribution in [1.82, 2.24) is 5.32 Å². The molecule has 37 heavy (non-hydrogen) atoms. The van der Waals surface area contributed by atoms with Crippen molar-refractivity contribution in [3.8, 4) is 17.2 Å². The molecule has 1 aliphatic rings. The van der Waals surface area contributed by atoms with Crippen molar-refractivity contribution < 1.29 is 28.6 Å². The SMILES string of the molecule is COc1cc(/C=C2\C(=O)NC(=O)N(c3cccc(C)c3)C2=O)cc(Cl)c1OCCOc1cccc(C)c1. The van der Waals surface area contributed by atoms with Crippen LogP contribution in [0.15, 0.2) is 66.2 Å². The van der Waals surface area contributed by atoms with Crippen LogP contribution in [0.2, 0.25) is 5.02 Å². The second kappa shape index (κ2) is 11.2. The van der Waals surface area contributed by atoms with Crippen LogP contribution in [-0.4, -0.2) is 38.2 Å². The molecule has 1 heterocycles. The van der Waals surface area contributed by atoms with Crippen LogP contribution in [0.3, 0.4) is 0 Å². The number of barbiturate groups is 1. The van der Waals surface area contributed by atoms with Gasteiger partial charge >= 0.3 is 6.03 Å². The summed E-state index contributed by atoms with van der Waals surface area (Å²) in [6.45, 7) is 4.31. The quantitative estimate of drug-likeness (QED) is 0.252. The second-order valence-corrected chi connectivity index (χ2v) is 8.75. The molecule has 0 aliphatic carbocycles. The Hall–Kier alpha value is -4.30. The maximum Gasteiger partial charge on any atom is 0.335 e. The number of methoxy groups -OCH3 is 1. The van der Waals surface area contributed by atoms with E-state index in [9.17, 15) is 14.4 Å². The molecule has 3 aromatic rings. The Morgan fingerprint density at radius 1 is 0.919 bits per heavy atom. The number of hydrogen-bond acceptors (Lipinski definition) is 6. The number of benzene rings is 3. The highest BCUT2D eigenvalue weighted by atomic mass is 35.5. The number of amides is 4. The van der Waals surface area contributed by atoms with Gasteiger partial charge in [0.2, 0.25) is 0 Å². The number of aryl methyl sites for hydroxylation is 2. The standard InChI is InChI=1S/C28H25ClN2O6/c1-17-6-4-8-20(12-17)31-27(33)22(26(32)30-28(31)34)14-19-15-23(29)25(24(16-19)35-3)37-11-10-36-21-9-5-7-18(2)13-21/h4-9,12-16H,10-11H2,1-3H3,(H,30,32,34)/b22-14+. The van der Waals surface area contributed by atoms with Crippen molar-refractivity contribution in [2.45, 2.75) is 13.8 Å². The summed E-state index contributed by atoms with van der Waals surface area (Å²) in [5, 5.41) is 2.43. The third kappa shape index (κ3) is 5.92. The van der Waals surface area contributed by atoms with Gasteiger partial charge in [-0.3, -0.25) is 14.9 Å². The van der Waals surface area contributed by atoms with Crippen LogP contribution in [-0.2, 0) is 9.59 Å². The fourth-order valence-electron chi connectivity index (χ4n) is 3.80. The van der Waals surface area contributed by atoms with E-state index in [0.29, 0.717) is 22.7 Å². The summed E-state index contributed by atoms with van der Waals surface area (Å²) >= 11 is 6.46. The lowest BCUT2D eigenvalue weighted by Crippen LogP contribution is -2.54. The molecule has 9 heteroatoms. The van der Waals surface area contributed by atoms with E-state index in [2.05, 4.69) is 5.32 Å². The predicted octanol–water partition coefficient (Wildman–Crippen LogP) is 5.09. The average Bonchev–Trinajstić information content (AvgIpc) is 2.85. The fourth-order valence-corrected chi connectivity index (χ4v) is 4.07. The third-order valence-corrected chi connectivity index (χ3v) is 5.79. The van der Waals surface area contributed by atoms with E-state index >= 15 is 0 Å². The van der Waals surface area contributed by atoms with E-state index in [1.165, 1.54) is 13.2 Å². The summed E-state index contributed by atoms with van der Waals surface area (Å²) in [6.07, 6.45) is 1.35. The normalized spacial score (nSPS) is 14.5. The number of imide groups is 2. The van der Waals surface area contributed by atoms with Crippen molar-refractivity contribution >= 4 is 41.2 Å². The Balaban J connectivity index is 1.53. The minimum Gasteiger partial charge on any atom is -0.493 e. The first kappa shape index (κ1) is 25.8. The minimum absolute atomic E-state index is 0.207. The highest BCUT2D eigenvalue weighted by Crippen LogP contribution is 2.37. The van der Waals surface area contributed by atoms with E-state index < -0.39 is 17.8 Å². The summed E-state index contributed by atoms with van der Waals surface area (Å²) in [6, 6.07) is 16.8. The van der Waals surface area contributed by atoms with Crippen molar-refractivity contribution in [2.24, 2.45) is 0 Å². The van der Waals surface area contributed by atoms with E-state index in [1.807, 2.05) is 44.2 Å². The van der Waals surface area contributed by atoms with Crippen LogP contribution in [0, 0.1) is 13.8 Å². The van der Waals surface area contributed by atoms with E-state index in [-0.39, 0.29) is 23.8 Å². The maximum absolute atomic E-state index is 13.2. The first-order valence-corrected chi connectivity index (χ1v) is 11.8. The summed E-state index contributed by atoms with van der Waals surface area (Å²) in [5.41, 5.74) is 2.50. The zero-order valence-electron chi connectivity index (χ0n) is 20.5. The molecule has 0 radical (unpaired) electrons. The Labute approximate surface area is 219 Å². The average molecular weight is 521 g/mol. The fraction of sp³-hybridized carbons (Fsp3) is 0.179. The molecular formula is C28H25ClN2O6. The van der Waals surface area contributed by atoms with Gasteiger partial charge in [-0.1, -0.05) is 35.9 Å². The van der Waals surface area contributed by atoms with Crippen molar-refractivity contribution in [1.29, 1.82) is 0 Å². The smallest absolute Gasteiger partial charge is 0.335 e. The molecule has 4 amide bonds. The summed E-state index contributed by atoms with van der Waals surface area (Å²) in [4.78, 5) is 39.0. The van der Waals surface area contributed by atoms with Crippen LogP contribution >= 0.6 is 11.6 Å². The molecule has 0 saturated carbocycles. The van der Waals surface area contributed by atoms with Gasteiger partial charge in [0, 0.05) is 0 Å². The van der Waals surface area contributed by atoms with Gasteiger partial charge in [0.25, 0.3) is 11.8 Å². The first-order chi connectivity index (χ1) is 17.8. The van der Waals surface area contributed by atoms with Crippen LogP contribution in [0.25, 0.3) is 6.08 Å². The number of halogens is 1. The molecule has 0 unspecified atom stereocenters. The van der Waals surface area contributed by atoms with Gasteiger partial charge in [0.1, 0.15) is 24.5 Å². The van der Waals surface area contributed by atoms with E-state index in [4.69, 9.17) is 25.8 Å². The van der Waals surface area contributed by atoms with Gasteiger partial charge in [-0.2, -0.15) is 0 Å². The highest BCUT2D eigenvalue weighted by molar-refractivity contribution is 6.39. The number of nitrogens with one attached hydrogen (secondary N) is 1. The predicted molar refractivity (Wildman–Crippen MR) is 140 cm³/mol. The van der Waals surface area contributed by atoms with Gasteiger partial charge in [0.05, 0.1) is 17.8 Å². The number of urea groups is 1. The molecule has 0 bridgehead atoms. The Morgan fingerprint density at radius 3 is 2.32 bits per heavy atom. The Morgan fingerprint density at radius 2 is 1.62 bits per heavy atom. The van der Waals surface area contributed by atoms with Gasteiger partial charge in [-0.25, -0.2) is 9.69 Å². The molecule has 1 N–H and O–H groups in total. The van der Waals surface area contributed by atoms with Crippen LogP contribution in [0.4, 0.5) is 10.5 Å². The molecule has 0 atom stereocenters. The first-order valence-electron chi connectivity index (χ1n) is 11.4. The third-order valence-electron chi connectivity index (χ3n) is 5.51. The highest BCUT2D eigenvalue weighted by Gasteiger charge is 2.36. The zero-order valence-corrected chi connectivity index (χ0v) is 21.3. The lowest BCUT2D eigenvalue weighted by atomic mass is 10.1. The molecule has 1 saturated heterocycles. The van der Waals surface area contributed by atoms with Crippen molar-refractivity contribution in [3.63, 3.8) is 0 Å². The molecule has 0 aromatic heterocycles. The van der Waals surface area contributed by atoms with Gasteiger partial charge in [-0.05, 0) is 73.0 Å². The summed E-state index contributed by atoms with van der Waals surface area (Å²) in [5.74, 6) is -0.205. The second-order valence-electron chi connectivity index (χ2n) is 8.34. The van der Waals surface area contributed by atoms with Crippen molar-refractivity contribution in [3.05, 3.63) is 87.9 Å².